The molecular weight excluding hydrogens is 280 g/mol. The Balaban J connectivity index is 1.33. The van der Waals surface area contributed by atoms with Gasteiger partial charge >= 0.3 is 0 Å². The Labute approximate surface area is 130 Å². The van der Waals surface area contributed by atoms with Crippen molar-refractivity contribution in [3.63, 3.8) is 0 Å². The molecule has 2 amide bonds. The highest BCUT2D eigenvalue weighted by molar-refractivity contribution is 5.97. The minimum atomic E-state index is -0.269. The summed E-state index contributed by atoms with van der Waals surface area (Å²) >= 11 is 0. The first kappa shape index (κ1) is 15.1. The summed E-state index contributed by atoms with van der Waals surface area (Å²) in [6.07, 6.45) is 8.08. The van der Waals surface area contributed by atoms with E-state index in [0.717, 1.165) is 24.2 Å². The largest absolute Gasteiger partial charge is 0.469 e. The average Bonchev–Trinajstić information content (AvgIpc) is 3.21. The van der Waals surface area contributed by atoms with E-state index in [2.05, 4.69) is 10.6 Å². The van der Waals surface area contributed by atoms with Crippen molar-refractivity contribution >= 4 is 11.8 Å². The molecule has 0 aromatic carbocycles. The predicted molar refractivity (Wildman–Crippen MR) is 82.3 cm³/mol. The van der Waals surface area contributed by atoms with E-state index in [1.807, 2.05) is 0 Å². The molecule has 120 valence electrons. The predicted octanol–water partition coefficient (Wildman–Crippen LogP) is 2.26. The number of carbonyl (C=O) groups excluding carboxylic acids is 2. The van der Waals surface area contributed by atoms with Gasteiger partial charge in [-0.05, 0) is 56.4 Å². The Bertz CT molecular complexity index is 552. The van der Waals surface area contributed by atoms with Gasteiger partial charge in [0.15, 0.2) is 0 Å². The van der Waals surface area contributed by atoms with Gasteiger partial charge in [-0.1, -0.05) is 6.42 Å². The SMILES string of the molecule is Cc1occc1C(=O)NCC(=O)NCCC1CC2CCC1C2. The topological polar surface area (TPSA) is 71.3 Å². The molecule has 0 aliphatic heterocycles. The second-order valence-corrected chi connectivity index (χ2v) is 6.65. The van der Waals surface area contributed by atoms with Crippen molar-refractivity contribution in [2.24, 2.45) is 17.8 Å². The van der Waals surface area contributed by atoms with E-state index in [0.29, 0.717) is 17.9 Å². The maximum absolute atomic E-state index is 11.8. The molecule has 1 aromatic heterocycles. The van der Waals surface area contributed by atoms with E-state index in [9.17, 15) is 9.59 Å². The Morgan fingerprint density at radius 2 is 2.14 bits per heavy atom. The zero-order valence-electron chi connectivity index (χ0n) is 13.1. The van der Waals surface area contributed by atoms with Crippen LogP contribution in [0.25, 0.3) is 0 Å². The summed E-state index contributed by atoms with van der Waals surface area (Å²) in [6, 6.07) is 1.61. The highest BCUT2D eigenvalue weighted by Crippen LogP contribution is 2.49. The number of furan rings is 1. The molecule has 22 heavy (non-hydrogen) atoms. The van der Waals surface area contributed by atoms with Gasteiger partial charge in [0.2, 0.25) is 5.91 Å². The van der Waals surface area contributed by atoms with E-state index < -0.39 is 0 Å². The number of amides is 2. The van der Waals surface area contributed by atoms with Crippen molar-refractivity contribution in [1.82, 2.24) is 10.6 Å². The number of rotatable bonds is 6. The molecule has 2 aliphatic rings. The lowest BCUT2D eigenvalue weighted by Gasteiger charge is -2.21. The first-order valence-corrected chi connectivity index (χ1v) is 8.22. The van der Waals surface area contributed by atoms with Gasteiger partial charge in [0.05, 0.1) is 18.4 Å². The minimum Gasteiger partial charge on any atom is -0.469 e. The summed E-state index contributed by atoms with van der Waals surface area (Å²) in [6.45, 7) is 2.46. The summed E-state index contributed by atoms with van der Waals surface area (Å²) in [5.74, 6) is 2.80. The van der Waals surface area contributed by atoms with Crippen molar-refractivity contribution in [2.75, 3.05) is 13.1 Å². The Hall–Kier alpha value is -1.78. The van der Waals surface area contributed by atoms with Gasteiger partial charge in [-0.2, -0.15) is 0 Å². The summed E-state index contributed by atoms with van der Waals surface area (Å²) in [4.78, 5) is 23.6. The number of hydrogen-bond donors (Lipinski definition) is 2. The van der Waals surface area contributed by atoms with Crippen molar-refractivity contribution < 1.29 is 14.0 Å². The van der Waals surface area contributed by atoms with Gasteiger partial charge in [-0.3, -0.25) is 9.59 Å². The molecule has 3 atom stereocenters. The molecule has 5 nitrogen and oxygen atoms in total. The number of carbonyl (C=O) groups is 2. The lowest BCUT2D eigenvalue weighted by molar-refractivity contribution is -0.120. The minimum absolute atomic E-state index is 0.0141. The highest BCUT2D eigenvalue weighted by atomic mass is 16.3. The van der Waals surface area contributed by atoms with Crippen LogP contribution in [0.1, 0.15) is 48.2 Å². The smallest absolute Gasteiger partial charge is 0.255 e. The van der Waals surface area contributed by atoms with Crippen LogP contribution < -0.4 is 10.6 Å². The van der Waals surface area contributed by atoms with Gasteiger partial charge in [-0.15, -0.1) is 0 Å². The second-order valence-electron chi connectivity index (χ2n) is 6.65. The normalized spacial score (nSPS) is 26.1. The van der Waals surface area contributed by atoms with Crippen LogP contribution in [0, 0.1) is 24.7 Å². The Morgan fingerprint density at radius 3 is 2.77 bits per heavy atom. The van der Waals surface area contributed by atoms with Crippen LogP contribution >= 0.6 is 0 Å². The maximum atomic E-state index is 11.8. The standard InChI is InChI=1S/C17H24N2O3/c1-11-15(5-7-22-11)17(21)19-10-16(20)18-6-4-14-9-12-2-3-13(14)8-12/h5,7,12-14H,2-4,6,8-10H2,1H3,(H,18,20)(H,19,21). The van der Waals surface area contributed by atoms with Crippen LogP contribution in [-0.4, -0.2) is 24.9 Å². The van der Waals surface area contributed by atoms with Crippen LogP contribution in [0.3, 0.4) is 0 Å². The monoisotopic (exact) mass is 304 g/mol. The van der Waals surface area contributed by atoms with Crippen LogP contribution in [0.15, 0.2) is 16.7 Å². The number of hydrogen-bond acceptors (Lipinski definition) is 3. The number of aryl methyl sites for hydroxylation is 1. The fourth-order valence-corrected chi connectivity index (χ4v) is 4.07. The number of nitrogens with one attached hydrogen (secondary N) is 2. The van der Waals surface area contributed by atoms with Crippen molar-refractivity contribution in [3.8, 4) is 0 Å². The third-order valence-electron chi connectivity index (χ3n) is 5.23. The molecule has 0 saturated heterocycles. The fourth-order valence-electron chi connectivity index (χ4n) is 4.07. The average molecular weight is 304 g/mol. The molecule has 2 fully saturated rings. The van der Waals surface area contributed by atoms with E-state index in [-0.39, 0.29) is 18.4 Å². The molecule has 2 N–H and O–H groups in total. The molecule has 1 heterocycles. The zero-order valence-corrected chi connectivity index (χ0v) is 13.1. The van der Waals surface area contributed by atoms with Crippen molar-refractivity contribution in [3.05, 3.63) is 23.7 Å². The van der Waals surface area contributed by atoms with E-state index in [1.54, 1.807) is 13.0 Å². The van der Waals surface area contributed by atoms with Crippen LogP contribution in [0.4, 0.5) is 0 Å². The number of fused-ring (bicyclic) bond motifs is 2. The summed E-state index contributed by atoms with van der Waals surface area (Å²) in [5, 5.41) is 5.53. The summed E-state index contributed by atoms with van der Waals surface area (Å²) < 4.78 is 5.08. The van der Waals surface area contributed by atoms with Gasteiger partial charge in [0.25, 0.3) is 5.91 Å². The summed E-state index contributed by atoms with van der Waals surface area (Å²) in [5.41, 5.74) is 0.481. The lowest BCUT2D eigenvalue weighted by Crippen LogP contribution is -2.37. The first-order valence-electron chi connectivity index (χ1n) is 8.22. The molecular formula is C17H24N2O3. The van der Waals surface area contributed by atoms with Crippen LogP contribution in [0.2, 0.25) is 0 Å². The Morgan fingerprint density at radius 1 is 1.27 bits per heavy atom. The second kappa shape index (κ2) is 6.55. The molecule has 3 unspecified atom stereocenters. The van der Waals surface area contributed by atoms with Gasteiger partial charge in [-0.25, -0.2) is 0 Å². The van der Waals surface area contributed by atoms with Crippen LogP contribution in [0.5, 0.6) is 0 Å². The molecule has 0 radical (unpaired) electrons. The van der Waals surface area contributed by atoms with Gasteiger partial charge < -0.3 is 15.1 Å². The highest BCUT2D eigenvalue weighted by Gasteiger charge is 2.38. The van der Waals surface area contributed by atoms with E-state index >= 15 is 0 Å². The quantitative estimate of drug-likeness (QED) is 0.847. The third kappa shape index (κ3) is 3.34. The lowest BCUT2D eigenvalue weighted by atomic mass is 9.86. The van der Waals surface area contributed by atoms with Gasteiger partial charge in [0, 0.05) is 6.54 Å². The molecule has 0 spiro atoms. The Kier molecular flexibility index (Phi) is 4.50. The zero-order chi connectivity index (χ0) is 15.5. The molecule has 2 bridgehead atoms. The van der Waals surface area contributed by atoms with E-state index in [4.69, 9.17) is 4.42 Å². The molecule has 3 rings (SSSR count). The van der Waals surface area contributed by atoms with E-state index in [1.165, 1.54) is 31.9 Å². The van der Waals surface area contributed by atoms with Crippen molar-refractivity contribution in [1.29, 1.82) is 0 Å². The molecule has 1 aromatic rings. The van der Waals surface area contributed by atoms with Crippen LogP contribution in [-0.2, 0) is 4.79 Å². The summed E-state index contributed by atoms with van der Waals surface area (Å²) in [7, 11) is 0. The first-order chi connectivity index (χ1) is 10.6. The third-order valence-corrected chi connectivity index (χ3v) is 5.23. The van der Waals surface area contributed by atoms with Crippen molar-refractivity contribution in [2.45, 2.75) is 39.0 Å². The maximum Gasteiger partial charge on any atom is 0.255 e. The molecule has 2 aliphatic carbocycles. The molecule has 2 saturated carbocycles. The van der Waals surface area contributed by atoms with Gasteiger partial charge in [0.1, 0.15) is 5.76 Å². The molecule has 5 heteroatoms. The fraction of sp³-hybridized carbons (Fsp3) is 0.647.